The molecule has 0 saturated heterocycles. The van der Waals surface area contributed by atoms with Crippen LogP contribution in [0.25, 0.3) is 20.8 Å². The first-order valence-corrected chi connectivity index (χ1v) is 12.8. The van der Waals surface area contributed by atoms with Gasteiger partial charge in [0.15, 0.2) is 11.6 Å². The van der Waals surface area contributed by atoms with Gasteiger partial charge in [-0.3, -0.25) is 14.6 Å². The van der Waals surface area contributed by atoms with Gasteiger partial charge in [-0.2, -0.15) is 0 Å². The highest BCUT2D eigenvalue weighted by molar-refractivity contribution is 7.22. The molecule has 1 unspecified atom stereocenters. The molecule has 0 aliphatic heterocycles. The van der Waals surface area contributed by atoms with Crippen molar-refractivity contribution in [2.24, 2.45) is 5.73 Å². The number of thiophene rings is 1. The molecule has 204 valence electrons. The molecular formula is C28H24FN5O5S. The molecule has 10 nitrogen and oxygen atoms in total. The number of carbonyl (C=O) groups is 2. The van der Waals surface area contributed by atoms with Gasteiger partial charge in [0.1, 0.15) is 24.1 Å². The van der Waals surface area contributed by atoms with Crippen molar-refractivity contribution >= 4 is 39.1 Å². The van der Waals surface area contributed by atoms with Gasteiger partial charge in [-0.25, -0.2) is 9.37 Å². The van der Waals surface area contributed by atoms with Gasteiger partial charge in [-0.15, -0.1) is 11.3 Å². The van der Waals surface area contributed by atoms with Crippen LogP contribution in [0.2, 0.25) is 0 Å². The van der Waals surface area contributed by atoms with Crippen LogP contribution in [0.15, 0.2) is 73.3 Å². The van der Waals surface area contributed by atoms with Gasteiger partial charge in [0.2, 0.25) is 11.8 Å². The maximum Gasteiger partial charge on any atom is 0.241 e. The van der Waals surface area contributed by atoms with E-state index in [0.29, 0.717) is 34.1 Å². The van der Waals surface area contributed by atoms with Gasteiger partial charge in [0, 0.05) is 25.6 Å². The lowest BCUT2D eigenvalue weighted by molar-refractivity contribution is -0.127. The smallest absolute Gasteiger partial charge is 0.241 e. The first-order chi connectivity index (χ1) is 19.4. The number of carbonyl (C=O) groups excluding carboxylic acids is 2. The van der Waals surface area contributed by atoms with E-state index in [1.807, 2.05) is 12.3 Å². The highest BCUT2D eigenvalue weighted by Gasteiger charge is 2.28. The summed E-state index contributed by atoms with van der Waals surface area (Å²) in [6.07, 6.45) is 5.09. The number of aromatic nitrogens is 3. The highest BCUT2D eigenvalue weighted by Crippen LogP contribution is 2.39. The van der Waals surface area contributed by atoms with E-state index in [2.05, 4.69) is 15.3 Å². The predicted octanol–water partition coefficient (Wildman–Crippen LogP) is 4.91. The molecule has 5 aromatic rings. The van der Waals surface area contributed by atoms with Gasteiger partial charge in [0.05, 0.1) is 39.9 Å². The fourth-order valence-corrected chi connectivity index (χ4v) is 5.15. The molecule has 0 bridgehead atoms. The Kier molecular flexibility index (Phi) is 7.71. The van der Waals surface area contributed by atoms with Gasteiger partial charge in [-0.05, 0) is 35.9 Å². The molecule has 40 heavy (non-hydrogen) atoms. The number of fused-ring (bicyclic) bond motifs is 1. The Morgan fingerprint density at radius 2 is 1.90 bits per heavy atom. The summed E-state index contributed by atoms with van der Waals surface area (Å²) in [7, 11) is 3.05. The molecular weight excluding hydrogens is 537 g/mol. The molecule has 1 atom stereocenters. The Morgan fingerprint density at radius 1 is 1.07 bits per heavy atom. The number of hydrogen-bond acceptors (Lipinski definition) is 8. The summed E-state index contributed by atoms with van der Waals surface area (Å²) >= 11 is 1.40. The van der Waals surface area contributed by atoms with Gasteiger partial charge < -0.3 is 29.8 Å². The molecule has 0 aliphatic carbocycles. The Balaban J connectivity index is 1.39. The molecule has 12 heteroatoms. The van der Waals surface area contributed by atoms with E-state index in [9.17, 15) is 9.59 Å². The van der Waals surface area contributed by atoms with Crippen LogP contribution in [0.3, 0.4) is 0 Å². The molecule has 0 fully saturated rings. The van der Waals surface area contributed by atoms with Crippen LogP contribution < -0.4 is 20.5 Å². The SMILES string of the molecule is COCn1cnc(-c2cc3nccc(Oc4ccc(C(C(N)=O)C(=O)Nc5ccccc5OC)cc4F)c3s2)c1. The molecule has 5 rings (SSSR count). The molecule has 0 saturated carbocycles. The van der Waals surface area contributed by atoms with E-state index in [-0.39, 0.29) is 11.3 Å². The monoisotopic (exact) mass is 561 g/mol. The third-order valence-corrected chi connectivity index (χ3v) is 7.12. The summed E-state index contributed by atoms with van der Waals surface area (Å²) < 4.78 is 34.0. The standard InChI is InChI=1S/C28H24FN5O5S/c1-37-15-34-13-20(32-14-34)24-12-19-26(40-24)23(9-10-31-19)39-21-8-7-16(11-17(21)29)25(27(30)35)28(36)33-18-5-3-4-6-22(18)38-2/h3-14,25H,15H2,1-2H3,(H2,30,35)(H,33,36). The van der Waals surface area contributed by atoms with Crippen LogP contribution in [0.1, 0.15) is 11.5 Å². The van der Waals surface area contributed by atoms with Crippen molar-refractivity contribution in [2.75, 3.05) is 19.5 Å². The van der Waals surface area contributed by atoms with Crippen LogP contribution in [0, 0.1) is 5.82 Å². The summed E-state index contributed by atoms with van der Waals surface area (Å²) in [4.78, 5) is 34.9. The Labute approximate surface area is 232 Å². The summed E-state index contributed by atoms with van der Waals surface area (Å²) in [5.74, 6) is -3.17. The average Bonchev–Trinajstić information content (AvgIpc) is 3.58. The van der Waals surface area contributed by atoms with E-state index >= 15 is 4.39 Å². The molecule has 3 aromatic heterocycles. The number of hydrogen-bond donors (Lipinski definition) is 2. The van der Waals surface area contributed by atoms with Crippen molar-refractivity contribution in [1.29, 1.82) is 0 Å². The number of primary amides is 1. The number of benzene rings is 2. The number of rotatable bonds is 10. The van der Waals surface area contributed by atoms with Crippen molar-refractivity contribution in [3.63, 3.8) is 0 Å². The van der Waals surface area contributed by atoms with Crippen molar-refractivity contribution in [3.8, 4) is 27.8 Å². The molecule has 0 spiro atoms. The number of nitrogens with one attached hydrogen (secondary N) is 1. The fraction of sp³-hybridized carbons (Fsp3) is 0.143. The van der Waals surface area contributed by atoms with E-state index < -0.39 is 23.5 Å². The van der Waals surface area contributed by atoms with Crippen LogP contribution >= 0.6 is 11.3 Å². The zero-order chi connectivity index (χ0) is 28.2. The molecule has 3 N–H and O–H groups in total. The number of halogens is 1. The second-order valence-electron chi connectivity index (χ2n) is 8.64. The molecule has 2 amide bonds. The van der Waals surface area contributed by atoms with Gasteiger partial charge >= 0.3 is 0 Å². The molecule has 0 radical (unpaired) electrons. The van der Waals surface area contributed by atoms with Gasteiger partial charge in [-0.1, -0.05) is 18.2 Å². The van der Waals surface area contributed by atoms with E-state index in [1.54, 1.807) is 54.5 Å². The third kappa shape index (κ3) is 5.48. The quantitative estimate of drug-likeness (QED) is 0.232. The summed E-state index contributed by atoms with van der Waals surface area (Å²) in [5.41, 5.74) is 7.37. The minimum atomic E-state index is -1.45. The van der Waals surface area contributed by atoms with Crippen molar-refractivity contribution < 1.29 is 28.2 Å². The molecule has 3 heterocycles. The molecule has 0 aliphatic rings. The van der Waals surface area contributed by atoms with Crippen LogP contribution in [0.4, 0.5) is 10.1 Å². The van der Waals surface area contributed by atoms with Crippen LogP contribution in [-0.4, -0.2) is 40.6 Å². The summed E-state index contributed by atoms with van der Waals surface area (Å²) in [6, 6.07) is 14.1. The predicted molar refractivity (Wildman–Crippen MR) is 148 cm³/mol. The number of amides is 2. The van der Waals surface area contributed by atoms with E-state index in [0.717, 1.165) is 16.6 Å². The number of nitrogens with zero attached hydrogens (tertiary/aromatic N) is 3. The van der Waals surface area contributed by atoms with Crippen molar-refractivity contribution in [1.82, 2.24) is 14.5 Å². The number of pyridine rings is 1. The van der Waals surface area contributed by atoms with E-state index in [4.69, 9.17) is 19.9 Å². The van der Waals surface area contributed by atoms with E-state index in [1.165, 1.54) is 30.6 Å². The lowest BCUT2D eigenvalue weighted by Gasteiger charge is -2.16. The Morgan fingerprint density at radius 3 is 2.65 bits per heavy atom. The second-order valence-corrected chi connectivity index (χ2v) is 9.69. The Hall–Kier alpha value is -4.81. The highest BCUT2D eigenvalue weighted by atomic mass is 32.1. The third-order valence-electron chi connectivity index (χ3n) is 5.96. The topological polar surface area (TPSA) is 131 Å². The normalized spacial score (nSPS) is 11.8. The van der Waals surface area contributed by atoms with Crippen molar-refractivity contribution in [3.05, 3.63) is 84.7 Å². The average molecular weight is 562 g/mol. The first-order valence-electron chi connectivity index (χ1n) is 12.0. The number of methoxy groups -OCH3 is 2. The number of para-hydroxylation sites is 2. The van der Waals surface area contributed by atoms with Crippen LogP contribution in [0.5, 0.6) is 17.2 Å². The minimum absolute atomic E-state index is 0.0784. The van der Waals surface area contributed by atoms with Crippen molar-refractivity contribution in [2.45, 2.75) is 12.6 Å². The first kappa shape index (κ1) is 26.8. The zero-order valence-corrected chi connectivity index (χ0v) is 22.3. The lowest BCUT2D eigenvalue weighted by atomic mass is 9.97. The number of nitrogens with two attached hydrogens (primary N) is 1. The Bertz CT molecular complexity index is 1700. The fourth-order valence-electron chi connectivity index (χ4n) is 4.12. The maximum absolute atomic E-state index is 15.2. The number of imidazole rings is 1. The zero-order valence-electron chi connectivity index (χ0n) is 21.5. The minimum Gasteiger partial charge on any atom is -0.495 e. The lowest BCUT2D eigenvalue weighted by Crippen LogP contribution is -2.32. The summed E-state index contributed by atoms with van der Waals surface area (Å²) in [5, 5.41) is 2.62. The van der Waals surface area contributed by atoms with Gasteiger partial charge in [0.25, 0.3) is 0 Å². The summed E-state index contributed by atoms with van der Waals surface area (Å²) in [6.45, 7) is 0.374. The number of anilines is 1. The maximum atomic E-state index is 15.2. The molecule has 2 aromatic carbocycles. The van der Waals surface area contributed by atoms with Crippen LogP contribution in [-0.2, 0) is 21.1 Å². The second kappa shape index (κ2) is 11.5. The largest absolute Gasteiger partial charge is 0.495 e. The number of ether oxygens (including phenoxy) is 3.